The van der Waals surface area contributed by atoms with Crippen molar-refractivity contribution in [2.45, 2.75) is 31.7 Å². The summed E-state index contributed by atoms with van der Waals surface area (Å²) in [4.78, 5) is 14.2. The molecule has 2 aliphatic rings. The summed E-state index contributed by atoms with van der Waals surface area (Å²) >= 11 is 0. The van der Waals surface area contributed by atoms with Crippen LogP contribution in [0.5, 0.6) is 0 Å². The Morgan fingerprint density at radius 1 is 1.46 bits per heavy atom. The molecule has 1 N–H and O–H groups in total. The van der Waals surface area contributed by atoms with Gasteiger partial charge in [0.15, 0.2) is 0 Å². The van der Waals surface area contributed by atoms with E-state index in [9.17, 15) is 4.79 Å². The van der Waals surface area contributed by atoms with Crippen molar-refractivity contribution >= 4 is 17.3 Å². The highest BCUT2D eigenvalue weighted by Gasteiger charge is 2.23. The van der Waals surface area contributed by atoms with Crippen LogP contribution in [0.3, 0.4) is 0 Å². The van der Waals surface area contributed by atoms with Crippen LogP contribution in [-0.4, -0.2) is 53.4 Å². The number of hydrogen-bond donors (Lipinski definition) is 1. The van der Waals surface area contributed by atoms with Gasteiger partial charge >= 0.3 is 0 Å². The number of carbonyl (C=O) groups is 1. The van der Waals surface area contributed by atoms with Crippen LogP contribution in [0, 0.1) is 0 Å². The van der Waals surface area contributed by atoms with Crippen molar-refractivity contribution in [1.82, 2.24) is 14.7 Å². The number of methoxy groups -OCH3 is 1. The number of hydrogen-bond acceptors (Lipinski definition) is 4. The van der Waals surface area contributed by atoms with Gasteiger partial charge in [0.05, 0.1) is 5.69 Å². The summed E-state index contributed by atoms with van der Waals surface area (Å²) in [7, 11) is 3.35. The van der Waals surface area contributed by atoms with E-state index in [-0.39, 0.29) is 12.5 Å². The number of anilines is 1. The first kappa shape index (κ1) is 16.9. The topological polar surface area (TPSA) is 59.4 Å². The average molecular weight is 330 g/mol. The fourth-order valence-corrected chi connectivity index (χ4v) is 3.39. The molecule has 1 aromatic heterocycles. The second-order valence-electron chi connectivity index (χ2n) is 6.43. The van der Waals surface area contributed by atoms with Gasteiger partial charge in [-0.3, -0.25) is 14.4 Å². The molecule has 6 nitrogen and oxygen atoms in total. The predicted octanol–water partition coefficient (Wildman–Crippen LogP) is 2.20. The standard InChI is InChI=1S/C18H26N4O2/c1-21-17(19-18(23)13-24-2)11-16(20-21)14-7-6-10-22(12-14)15-8-4-3-5-9-15/h4,7-8,11,15H,3,5-6,9-10,12-13H2,1-2H3,(H,19,23)/t15-/m0/s1. The van der Waals surface area contributed by atoms with Crippen LogP contribution in [-0.2, 0) is 16.6 Å². The highest BCUT2D eigenvalue weighted by atomic mass is 16.5. The van der Waals surface area contributed by atoms with E-state index in [1.807, 2.05) is 13.1 Å². The molecule has 1 aliphatic heterocycles. The van der Waals surface area contributed by atoms with Crippen molar-refractivity contribution < 1.29 is 9.53 Å². The maximum Gasteiger partial charge on any atom is 0.251 e. The zero-order chi connectivity index (χ0) is 16.9. The van der Waals surface area contributed by atoms with Crippen LogP contribution in [0.4, 0.5) is 5.82 Å². The average Bonchev–Trinajstić information content (AvgIpc) is 2.97. The lowest BCUT2D eigenvalue weighted by molar-refractivity contribution is -0.119. The molecule has 0 spiro atoms. The second kappa shape index (κ2) is 7.77. The molecule has 130 valence electrons. The van der Waals surface area contributed by atoms with Gasteiger partial charge in [-0.2, -0.15) is 5.10 Å². The predicted molar refractivity (Wildman–Crippen MR) is 94.7 cm³/mol. The number of amides is 1. The van der Waals surface area contributed by atoms with Gasteiger partial charge in [-0.25, -0.2) is 0 Å². The Balaban J connectivity index is 1.69. The summed E-state index contributed by atoms with van der Waals surface area (Å²) in [6.07, 6.45) is 11.7. The number of aromatic nitrogens is 2. The lowest BCUT2D eigenvalue weighted by Gasteiger charge is -2.34. The number of nitrogens with one attached hydrogen (secondary N) is 1. The molecule has 24 heavy (non-hydrogen) atoms. The monoisotopic (exact) mass is 330 g/mol. The molecule has 6 heteroatoms. The Kier molecular flexibility index (Phi) is 5.48. The molecule has 1 atom stereocenters. The minimum atomic E-state index is -0.168. The summed E-state index contributed by atoms with van der Waals surface area (Å²) in [6, 6.07) is 2.49. The molecule has 0 saturated heterocycles. The minimum absolute atomic E-state index is 0.0466. The fourth-order valence-electron chi connectivity index (χ4n) is 3.39. The lowest BCUT2D eigenvalue weighted by Crippen LogP contribution is -2.38. The van der Waals surface area contributed by atoms with Gasteiger partial charge in [-0.1, -0.05) is 18.2 Å². The van der Waals surface area contributed by atoms with Crippen LogP contribution >= 0.6 is 0 Å². The zero-order valence-corrected chi connectivity index (χ0v) is 14.5. The van der Waals surface area contributed by atoms with E-state index in [1.54, 1.807) is 4.68 Å². The van der Waals surface area contributed by atoms with Crippen molar-refractivity contribution in [1.29, 1.82) is 0 Å². The Bertz CT molecular complexity index is 647. The molecule has 1 amide bonds. The van der Waals surface area contributed by atoms with Crippen molar-refractivity contribution in [2.75, 3.05) is 32.1 Å². The maximum atomic E-state index is 11.7. The van der Waals surface area contributed by atoms with Gasteiger partial charge in [0, 0.05) is 39.4 Å². The largest absolute Gasteiger partial charge is 0.375 e. The first-order valence-corrected chi connectivity index (χ1v) is 8.60. The molecular formula is C18H26N4O2. The lowest BCUT2D eigenvalue weighted by atomic mass is 9.98. The second-order valence-corrected chi connectivity index (χ2v) is 6.43. The van der Waals surface area contributed by atoms with Gasteiger partial charge in [-0.05, 0) is 31.3 Å². The molecule has 1 aliphatic carbocycles. The van der Waals surface area contributed by atoms with E-state index in [1.165, 1.54) is 31.9 Å². The van der Waals surface area contributed by atoms with Crippen LogP contribution in [0.1, 0.15) is 31.4 Å². The third-order valence-corrected chi connectivity index (χ3v) is 4.63. The van der Waals surface area contributed by atoms with Crippen LogP contribution in [0.25, 0.3) is 5.57 Å². The van der Waals surface area contributed by atoms with E-state index < -0.39 is 0 Å². The maximum absolute atomic E-state index is 11.7. The Hall–Kier alpha value is -1.92. The molecular weight excluding hydrogens is 304 g/mol. The third-order valence-electron chi connectivity index (χ3n) is 4.63. The quantitative estimate of drug-likeness (QED) is 0.841. The summed E-state index contributed by atoms with van der Waals surface area (Å²) in [5, 5.41) is 7.40. The van der Waals surface area contributed by atoms with E-state index >= 15 is 0 Å². The zero-order valence-electron chi connectivity index (χ0n) is 14.5. The SMILES string of the molecule is COCC(=O)Nc1cc(C2=CCCN([C@H]3C=CCCC3)C2)nn1C. The molecule has 0 unspecified atom stereocenters. The van der Waals surface area contributed by atoms with Gasteiger partial charge in [0.25, 0.3) is 5.91 Å². The first-order valence-electron chi connectivity index (χ1n) is 8.60. The molecule has 3 rings (SSSR count). The molecule has 0 aromatic carbocycles. The number of rotatable bonds is 5. The van der Waals surface area contributed by atoms with E-state index in [0.717, 1.165) is 25.2 Å². The van der Waals surface area contributed by atoms with Gasteiger partial charge in [0.1, 0.15) is 12.4 Å². The Labute approximate surface area is 143 Å². The van der Waals surface area contributed by atoms with Crippen LogP contribution < -0.4 is 5.32 Å². The number of ether oxygens (including phenoxy) is 1. The van der Waals surface area contributed by atoms with Gasteiger partial charge < -0.3 is 10.1 Å². The number of nitrogens with zero attached hydrogens (tertiary/aromatic N) is 3. The number of allylic oxidation sites excluding steroid dienone is 1. The van der Waals surface area contributed by atoms with E-state index in [0.29, 0.717) is 11.9 Å². The van der Waals surface area contributed by atoms with Crippen LogP contribution in [0.2, 0.25) is 0 Å². The fraction of sp³-hybridized carbons (Fsp3) is 0.556. The van der Waals surface area contributed by atoms with E-state index in [2.05, 4.69) is 33.5 Å². The summed E-state index contributed by atoms with van der Waals surface area (Å²) < 4.78 is 6.57. The van der Waals surface area contributed by atoms with Crippen molar-refractivity contribution in [2.24, 2.45) is 7.05 Å². The van der Waals surface area contributed by atoms with Crippen molar-refractivity contribution in [3.8, 4) is 0 Å². The summed E-state index contributed by atoms with van der Waals surface area (Å²) in [5.74, 6) is 0.529. The molecule has 1 aromatic rings. The molecule has 0 bridgehead atoms. The highest BCUT2D eigenvalue weighted by molar-refractivity contribution is 5.91. The third kappa shape index (κ3) is 3.94. The number of carbonyl (C=O) groups excluding carboxylic acids is 1. The number of aryl methyl sites for hydroxylation is 1. The normalized spacial score (nSPS) is 21.6. The van der Waals surface area contributed by atoms with Crippen LogP contribution in [0.15, 0.2) is 24.3 Å². The van der Waals surface area contributed by atoms with Crippen molar-refractivity contribution in [3.63, 3.8) is 0 Å². The first-order chi connectivity index (χ1) is 11.7. The molecule has 0 radical (unpaired) electrons. The highest BCUT2D eigenvalue weighted by Crippen LogP contribution is 2.26. The smallest absolute Gasteiger partial charge is 0.251 e. The minimum Gasteiger partial charge on any atom is -0.375 e. The summed E-state index contributed by atoms with van der Waals surface area (Å²) in [6.45, 7) is 2.06. The van der Waals surface area contributed by atoms with Crippen molar-refractivity contribution in [3.05, 3.63) is 30.0 Å². The molecule has 2 heterocycles. The molecule has 0 fully saturated rings. The Morgan fingerprint density at radius 2 is 2.33 bits per heavy atom. The van der Waals surface area contributed by atoms with Gasteiger partial charge in [-0.15, -0.1) is 0 Å². The summed E-state index contributed by atoms with van der Waals surface area (Å²) in [5.41, 5.74) is 2.18. The van der Waals surface area contributed by atoms with E-state index in [4.69, 9.17) is 4.74 Å². The Morgan fingerprint density at radius 3 is 3.08 bits per heavy atom. The van der Waals surface area contributed by atoms with Gasteiger partial charge in [0.2, 0.25) is 0 Å². The molecule has 0 saturated carbocycles.